The molecule has 0 aliphatic heterocycles. The standard InChI is InChI=1S/C22H15F5N4O/c1-10-18(19(21(10)32)11-2-3-16-17(6-11)29-9-28-16)20-14(23)4-12(5-15(20)24)13-7-30-31(8-13)22(25,26)27/h2-10,18-19H,1H3,(H,28,29)/t10-,18+,19?/m1/s1. The van der Waals surface area contributed by atoms with Crippen molar-refractivity contribution in [1.29, 1.82) is 0 Å². The highest BCUT2D eigenvalue weighted by molar-refractivity contribution is 5.97. The van der Waals surface area contributed by atoms with Gasteiger partial charge in [-0.25, -0.2) is 13.8 Å². The molecule has 0 radical (unpaired) electrons. The molecule has 1 fully saturated rings. The van der Waals surface area contributed by atoms with Crippen LogP contribution in [0.4, 0.5) is 22.0 Å². The first kappa shape index (κ1) is 20.3. The summed E-state index contributed by atoms with van der Waals surface area (Å²) in [5.41, 5.74) is 1.61. The number of H-pyrrole nitrogens is 1. The number of aromatic amines is 1. The van der Waals surface area contributed by atoms with Crippen LogP contribution in [0.15, 0.2) is 49.1 Å². The van der Waals surface area contributed by atoms with E-state index in [1.807, 2.05) is 0 Å². The van der Waals surface area contributed by atoms with Gasteiger partial charge >= 0.3 is 6.30 Å². The van der Waals surface area contributed by atoms with Gasteiger partial charge in [0.2, 0.25) is 0 Å². The molecule has 4 aromatic rings. The first-order valence-electron chi connectivity index (χ1n) is 9.73. The van der Waals surface area contributed by atoms with Crippen LogP contribution in [0.2, 0.25) is 0 Å². The fourth-order valence-electron chi connectivity index (χ4n) is 4.42. The molecule has 3 atom stereocenters. The predicted molar refractivity (Wildman–Crippen MR) is 105 cm³/mol. The molecule has 10 heteroatoms. The van der Waals surface area contributed by atoms with Crippen LogP contribution in [0.25, 0.3) is 22.2 Å². The smallest absolute Gasteiger partial charge is 0.345 e. The van der Waals surface area contributed by atoms with Crippen molar-refractivity contribution in [2.75, 3.05) is 0 Å². The fraction of sp³-hybridized carbons (Fsp3) is 0.227. The lowest BCUT2D eigenvalue weighted by Gasteiger charge is -2.42. The molecule has 1 aliphatic rings. The highest BCUT2D eigenvalue weighted by Gasteiger charge is 2.50. The van der Waals surface area contributed by atoms with Crippen LogP contribution in [0.5, 0.6) is 0 Å². The largest absolute Gasteiger partial charge is 0.504 e. The Labute approximate surface area is 177 Å². The Bertz CT molecular complexity index is 1330. The minimum atomic E-state index is -4.74. The average Bonchev–Trinajstić information content (AvgIpc) is 3.41. The summed E-state index contributed by atoms with van der Waals surface area (Å²) in [5, 5.41) is 3.20. The van der Waals surface area contributed by atoms with Gasteiger partial charge in [-0.1, -0.05) is 13.0 Å². The average molecular weight is 446 g/mol. The first-order valence-corrected chi connectivity index (χ1v) is 9.73. The highest BCUT2D eigenvalue weighted by Crippen LogP contribution is 2.52. The van der Waals surface area contributed by atoms with E-state index in [4.69, 9.17) is 0 Å². The van der Waals surface area contributed by atoms with E-state index in [-0.39, 0.29) is 27.2 Å². The zero-order valence-corrected chi connectivity index (χ0v) is 16.5. The third-order valence-corrected chi connectivity index (χ3v) is 6.04. The number of halogens is 5. The van der Waals surface area contributed by atoms with Gasteiger partial charge in [-0.05, 0) is 35.4 Å². The van der Waals surface area contributed by atoms with Crippen LogP contribution >= 0.6 is 0 Å². The van der Waals surface area contributed by atoms with Crippen molar-refractivity contribution in [3.8, 4) is 11.1 Å². The molecule has 0 saturated heterocycles. The van der Waals surface area contributed by atoms with E-state index in [9.17, 15) is 18.0 Å². The van der Waals surface area contributed by atoms with Gasteiger partial charge in [-0.2, -0.15) is 9.78 Å². The maximum atomic E-state index is 15.1. The number of hydrogen-bond donors (Lipinski definition) is 1. The Hall–Kier alpha value is -3.56. The van der Waals surface area contributed by atoms with Gasteiger partial charge in [-0.3, -0.25) is 4.79 Å². The van der Waals surface area contributed by atoms with Gasteiger partial charge in [0.15, 0.2) is 0 Å². The number of alkyl halides is 3. The normalized spacial score (nSPS) is 21.2. The lowest BCUT2D eigenvalue weighted by Crippen LogP contribution is -2.43. The number of rotatable bonds is 3. The monoisotopic (exact) mass is 446 g/mol. The van der Waals surface area contributed by atoms with Gasteiger partial charge in [0.1, 0.15) is 17.4 Å². The third kappa shape index (κ3) is 3.09. The molecular weight excluding hydrogens is 431 g/mol. The van der Waals surface area contributed by atoms with Gasteiger partial charge < -0.3 is 4.98 Å². The van der Waals surface area contributed by atoms with Crippen LogP contribution < -0.4 is 0 Å². The number of Topliss-reactive ketones (excluding diaryl/α,β-unsaturated/α-hetero) is 1. The maximum absolute atomic E-state index is 15.1. The number of carbonyl (C=O) groups excluding carboxylic acids is 1. The number of nitrogens with zero attached hydrogens (tertiary/aromatic N) is 3. The minimum absolute atomic E-state index is 0.0759. The number of fused-ring (bicyclic) bond motifs is 1. The molecule has 2 aromatic heterocycles. The highest BCUT2D eigenvalue weighted by atomic mass is 19.4. The van der Waals surface area contributed by atoms with E-state index in [0.717, 1.165) is 18.3 Å². The number of imidazole rings is 1. The van der Waals surface area contributed by atoms with Crippen LogP contribution in [0.3, 0.4) is 0 Å². The van der Waals surface area contributed by atoms with Crippen molar-refractivity contribution in [3.05, 3.63) is 71.8 Å². The Morgan fingerprint density at radius 1 is 1.06 bits per heavy atom. The van der Waals surface area contributed by atoms with Crippen LogP contribution in [-0.2, 0) is 11.1 Å². The van der Waals surface area contributed by atoms with E-state index >= 15 is 8.78 Å². The number of ketones is 1. The predicted octanol–water partition coefficient (Wildman–Crippen LogP) is 5.27. The summed E-state index contributed by atoms with van der Waals surface area (Å²) in [6.07, 6.45) is -1.68. The molecule has 1 unspecified atom stereocenters. The number of carbonyl (C=O) groups is 1. The molecule has 1 saturated carbocycles. The summed E-state index contributed by atoms with van der Waals surface area (Å²) in [4.78, 5) is 19.7. The molecule has 0 spiro atoms. The number of benzene rings is 2. The van der Waals surface area contributed by atoms with E-state index in [1.54, 1.807) is 25.1 Å². The molecule has 5 rings (SSSR count). The van der Waals surface area contributed by atoms with Crippen molar-refractivity contribution in [1.82, 2.24) is 19.7 Å². The van der Waals surface area contributed by atoms with Gasteiger partial charge in [-0.15, -0.1) is 13.2 Å². The lowest BCUT2D eigenvalue weighted by atomic mass is 9.59. The summed E-state index contributed by atoms with van der Waals surface area (Å²) in [7, 11) is 0. The fourth-order valence-corrected chi connectivity index (χ4v) is 4.42. The van der Waals surface area contributed by atoms with Gasteiger partial charge in [0.05, 0.1) is 29.5 Å². The molecule has 5 nitrogen and oxygen atoms in total. The number of hydrogen-bond acceptors (Lipinski definition) is 3. The summed E-state index contributed by atoms with van der Waals surface area (Å²) >= 11 is 0. The summed E-state index contributed by atoms with van der Waals surface area (Å²) in [5.74, 6) is -4.06. The number of nitrogens with one attached hydrogen (secondary N) is 1. The van der Waals surface area contributed by atoms with E-state index in [2.05, 4.69) is 15.1 Å². The molecule has 2 heterocycles. The first-order chi connectivity index (χ1) is 15.1. The van der Waals surface area contributed by atoms with Crippen LogP contribution in [0, 0.1) is 17.6 Å². The van der Waals surface area contributed by atoms with E-state index < -0.39 is 35.7 Å². The molecule has 0 amide bonds. The van der Waals surface area contributed by atoms with Crippen molar-refractivity contribution < 1.29 is 26.7 Å². The van der Waals surface area contributed by atoms with Crippen LogP contribution in [0.1, 0.15) is 29.9 Å². The van der Waals surface area contributed by atoms with Crippen molar-refractivity contribution >= 4 is 16.8 Å². The second kappa shape index (κ2) is 6.98. The molecule has 1 N–H and O–H groups in total. The Balaban J connectivity index is 1.53. The SMILES string of the molecule is C[C@H]1C(=O)C(c2ccc3nc[nH]c3c2)[C@H]1c1c(F)cc(-c2cnn(C(F)(F)F)c2)cc1F. The quantitative estimate of drug-likeness (QED) is 0.437. The molecule has 2 aromatic carbocycles. The molecular formula is C22H15F5N4O. The second-order valence-electron chi connectivity index (χ2n) is 7.87. The Morgan fingerprint density at radius 3 is 2.44 bits per heavy atom. The zero-order valence-electron chi connectivity index (χ0n) is 16.5. The van der Waals surface area contributed by atoms with Crippen molar-refractivity contribution in [3.63, 3.8) is 0 Å². The van der Waals surface area contributed by atoms with Crippen molar-refractivity contribution in [2.24, 2.45) is 5.92 Å². The summed E-state index contributed by atoms with van der Waals surface area (Å²) < 4.78 is 68.3. The topological polar surface area (TPSA) is 63.6 Å². The zero-order chi connectivity index (χ0) is 22.8. The minimum Gasteiger partial charge on any atom is -0.345 e. The molecule has 32 heavy (non-hydrogen) atoms. The van der Waals surface area contributed by atoms with Crippen molar-refractivity contribution in [2.45, 2.75) is 25.1 Å². The molecule has 164 valence electrons. The molecule has 0 bridgehead atoms. The number of aromatic nitrogens is 4. The molecule has 1 aliphatic carbocycles. The summed E-state index contributed by atoms with van der Waals surface area (Å²) in [6, 6.07) is 7.12. The lowest BCUT2D eigenvalue weighted by molar-refractivity contribution is -0.212. The Morgan fingerprint density at radius 2 is 1.78 bits per heavy atom. The second-order valence-corrected chi connectivity index (χ2v) is 7.87. The van der Waals surface area contributed by atoms with E-state index in [0.29, 0.717) is 22.8 Å². The summed E-state index contributed by atoms with van der Waals surface area (Å²) in [6.45, 7) is 1.61. The Kier molecular flexibility index (Phi) is 4.44. The van der Waals surface area contributed by atoms with Gasteiger partial charge in [0, 0.05) is 29.2 Å². The van der Waals surface area contributed by atoms with E-state index in [1.165, 1.54) is 6.33 Å². The van der Waals surface area contributed by atoms with Crippen LogP contribution in [-0.4, -0.2) is 25.5 Å². The third-order valence-electron chi connectivity index (χ3n) is 6.04. The maximum Gasteiger partial charge on any atom is 0.504 e. The van der Waals surface area contributed by atoms with Gasteiger partial charge in [0.25, 0.3) is 0 Å².